The molecule has 2 amide bonds. The number of nitrogens with one attached hydrogen (secondary N) is 1. The van der Waals surface area contributed by atoms with Gasteiger partial charge in [-0.2, -0.15) is 4.39 Å². The van der Waals surface area contributed by atoms with Gasteiger partial charge in [-0.1, -0.05) is 6.07 Å². The van der Waals surface area contributed by atoms with Crippen molar-refractivity contribution in [2.75, 3.05) is 44.8 Å². The SMILES string of the molecule is CC1CCC(C(=O)Nc2ccnc(C(N)=O)c2)O1.Fc1cccc(OCCN2CC3COCC3C2)c1F. The van der Waals surface area contributed by atoms with Crippen molar-refractivity contribution in [2.24, 2.45) is 17.6 Å². The molecule has 0 saturated carbocycles. The van der Waals surface area contributed by atoms with Gasteiger partial charge in [-0.3, -0.25) is 19.5 Å². The molecule has 11 heteroatoms. The number of anilines is 1. The summed E-state index contributed by atoms with van der Waals surface area (Å²) in [5.74, 6) is -1.36. The van der Waals surface area contributed by atoms with E-state index < -0.39 is 23.6 Å². The zero-order valence-electron chi connectivity index (χ0n) is 20.7. The maximum absolute atomic E-state index is 13.4. The molecule has 9 nitrogen and oxygen atoms in total. The summed E-state index contributed by atoms with van der Waals surface area (Å²) in [6, 6.07) is 7.03. The second-order valence-corrected chi connectivity index (χ2v) is 9.51. The summed E-state index contributed by atoms with van der Waals surface area (Å²) in [4.78, 5) is 28.9. The number of nitrogens with two attached hydrogens (primary N) is 1. The van der Waals surface area contributed by atoms with Gasteiger partial charge in [0.05, 0.1) is 19.3 Å². The van der Waals surface area contributed by atoms with Crippen molar-refractivity contribution in [3.05, 3.63) is 53.9 Å². The monoisotopic (exact) mass is 518 g/mol. The molecule has 5 rings (SSSR count). The highest BCUT2D eigenvalue weighted by Gasteiger charge is 2.36. The maximum Gasteiger partial charge on any atom is 0.267 e. The summed E-state index contributed by atoms with van der Waals surface area (Å²) in [7, 11) is 0. The molecule has 4 unspecified atom stereocenters. The molecular formula is C26H32F2N4O5. The average Bonchev–Trinajstić information content (AvgIpc) is 3.59. The van der Waals surface area contributed by atoms with E-state index in [1.54, 1.807) is 6.07 Å². The van der Waals surface area contributed by atoms with Crippen LogP contribution in [0.5, 0.6) is 5.75 Å². The molecule has 0 aliphatic carbocycles. The van der Waals surface area contributed by atoms with Crippen LogP contribution in [0.3, 0.4) is 0 Å². The Bertz CT molecular complexity index is 1090. The molecule has 3 saturated heterocycles. The van der Waals surface area contributed by atoms with E-state index >= 15 is 0 Å². The predicted molar refractivity (Wildman–Crippen MR) is 131 cm³/mol. The van der Waals surface area contributed by atoms with Crippen molar-refractivity contribution in [2.45, 2.75) is 32.0 Å². The van der Waals surface area contributed by atoms with Crippen LogP contribution in [0.1, 0.15) is 30.3 Å². The topological polar surface area (TPSA) is 116 Å². The molecule has 3 fully saturated rings. The zero-order valence-corrected chi connectivity index (χ0v) is 20.7. The Hall–Kier alpha value is -3.15. The Morgan fingerprint density at radius 2 is 1.95 bits per heavy atom. The van der Waals surface area contributed by atoms with Crippen LogP contribution in [-0.2, 0) is 14.3 Å². The number of nitrogens with zero attached hydrogens (tertiary/aromatic N) is 2. The Balaban J connectivity index is 0.000000173. The standard InChI is InChI=1S/C14H17F2NO2.C12H15N3O3/c15-12-2-1-3-13(14(12)16)19-5-4-17-6-10-8-18-9-11(10)7-17;1-7-2-3-10(18-7)12(17)15-8-4-5-14-9(6-8)11(13)16/h1-3,10-11H,4-9H2;4-7,10H,2-3H2,1H3,(H2,13,16)(H,14,15,17). The van der Waals surface area contributed by atoms with Crippen molar-refractivity contribution in [3.63, 3.8) is 0 Å². The summed E-state index contributed by atoms with van der Waals surface area (Å²) in [6.45, 7) is 6.77. The van der Waals surface area contributed by atoms with Crippen molar-refractivity contribution in [1.29, 1.82) is 0 Å². The Kier molecular flexibility index (Phi) is 9.01. The largest absolute Gasteiger partial charge is 0.489 e. The lowest BCUT2D eigenvalue weighted by molar-refractivity contribution is -0.126. The van der Waals surface area contributed by atoms with Gasteiger partial charge in [0.15, 0.2) is 11.6 Å². The normalized spacial score (nSPS) is 24.7. The first-order valence-electron chi connectivity index (χ1n) is 12.4. The molecule has 4 atom stereocenters. The van der Waals surface area contributed by atoms with E-state index in [1.165, 1.54) is 24.4 Å². The van der Waals surface area contributed by atoms with Gasteiger partial charge in [-0.15, -0.1) is 0 Å². The van der Waals surface area contributed by atoms with Gasteiger partial charge in [0.1, 0.15) is 18.4 Å². The van der Waals surface area contributed by atoms with Crippen LogP contribution in [-0.4, -0.2) is 73.4 Å². The number of carbonyl (C=O) groups excluding carboxylic acids is 2. The number of benzene rings is 1. The summed E-state index contributed by atoms with van der Waals surface area (Å²) in [5, 5.41) is 2.69. The summed E-state index contributed by atoms with van der Waals surface area (Å²) < 4.78 is 42.5. The molecular weight excluding hydrogens is 486 g/mol. The fourth-order valence-electron chi connectivity index (χ4n) is 4.71. The molecule has 0 spiro atoms. The van der Waals surface area contributed by atoms with Gasteiger partial charge in [0, 0.05) is 43.4 Å². The first kappa shape index (κ1) is 26.9. The quantitative estimate of drug-likeness (QED) is 0.579. The van der Waals surface area contributed by atoms with Crippen LogP contribution in [0.2, 0.25) is 0 Å². The molecule has 3 aliphatic rings. The van der Waals surface area contributed by atoms with E-state index in [-0.39, 0.29) is 23.5 Å². The van der Waals surface area contributed by atoms with Gasteiger partial charge in [-0.25, -0.2) is 4.39 Å². The second-order valence-electron chi connectivity index (χ2n) is 9.51. The van der Waals surface area contributed by atoms with Crippen molar-refractivity contribution >= 4 is 17.5 Å². The lowest BCUT2D eigenvalue weighted by Crippen LogP contribution is -2.28. The van der Waals surface area contributed by atoms with Gasteiger partial charge >= 0.3 is 0 Å². The third-order valence-corrected chi connectivity index (χ3v) is 6.70. The number of primary amides is 1. The first-order chi connectivity index (χ1) is 17.8. The summed E-state index contributed by atoms with van der Waals surface area (Å²) in [6.07, 6.45) is 2.69. The third-order valence-electron chi connectivity index (χ3n) is 6.70. The zero-order chi connectivity index (χ0) is 26.4. The van der Waals surface area contributed by atoms with Gasteiger partial charge in [0.25, 0.3) is 11.8 Å². The number of carbonyl (C=O) groups is 2. The number of amides is 2. The van der Waals surface area contributed by atoms with E-state index in [4.69, 9.17) is 19.9 Å². The van der Waals surface area contributed by atoms with E-state index in [9.17, 15) is 18.4 Å². The highest BCUT2D eigenvalue weighted by molar-refractivity contribution is 5.96. The highest BCUT2D eigenvalue weighted by Crippen LogP contribution is 2.29. The van der Waals surface area contributed by atoms with Gasteiger partial charge in [-0.05, 0) is 44.0 Å². The molecule has 4 heterocycles. The number of halogens is 2. The van der Waals surface area contributed by atoms with Crippen LogP contribution in [0.15, 0.2) is 36.5 Å². The average molecular weight is 519 g/mol. The molecule has 3 aliphatic heterocycles. The third kappa shape index (κ3) is 7.21. The minimum absolute atomic E-state index is 0.0114. The van der Waals surface area contributed by atoms with Crippen LogP contribution in [0, 0.1) is 23.5 Å². The van der Waals surface area contributed by atoms with E-state index in [0.29, 0.717) is 30.6 Å². The molecule has 0 bridgehead atoms. The van der Waals surface area contributed by atoms with Gasteiger partial charge < -0.3 is 25.3 Å². The molecule has 1 aromatic carbocycles. The number of likely N-dealkylation sites (tertiary alicyclic amines) is 1. The lowest BCUT2D eigenvalue weighted by Gasteiger charge is -2.17. The minimum Gasteiger partial charge on any atom is -0.489 e. The number of rotatable bonds is 7. The molecule has 2 aromatic rings. The maximum atomic E-state index is 13.4. The first-order valence-corrected chi connectivity index (χ1v) is 12.4. The molecule has 1 aromatic heterocycles. The van der Waals surface area contributed by atoms with Gasteiger partial charge in [0.2, 0.25) is 5.82 Å². The summed E-state index contributed by atoms with van der Waals surface area (Å²) >= 11 is 0. The fraction of sp³-hybridized carbons (Fsp3) is 0.500. The summed E-state index contributed by atoms with van der Waals surface area (Å²) in [5.41, 5.74) is 5.73. The fourth-order valence-corrected chi connectivity index (χ4v) is 4.71. The number of fused-ring (bicyclic) bond motifs is 1. The molecule has 200 valence electrons. The molecule has 3 N–H and O–H groups in total. The Morgan fingerprint density at radius 1 is 1.19 bits per heavy atom. The Morgan fingerprint density at radius 3 is 2.62 bits per heavy atom. The van der Waals surface area contributed by atoms with E-state index in [2.05, 4.69) is 15.2 Å². The number of ether oxygens (including phenoxy) is 3. The molecule has 37 heavy (non-hydrogen) atoms. The van der Waals surface area contributed by atoms with E-state index in [0.717, 1.165) is 45.3 Å². The molecule has 0 radical (unpaired) electrons. The number of hydrogen-bond donors (Lipinski definition) is 2. The number of aromatic nitrogens is 1. The predicted octanol–water partition coefficient (Wildman–Crippen LogP) is 2.61. The van der Waals surface area contributed by atoms with E-state index in [1.807, 2.05) is 6.92 Å². The smallest absolute Gasteiger partial charge is 0.267 e. The number of hydrogen-bond acceptors (Lipinski definition) is 7. The van der Waals surface area contributed by atoms with Crippen LogP contribution in [0.4, 0.5) is 14.5 Å². The van der Waals surface area contributed by atoms with Crippen LogP contribution >= 0.6 is 0 Å². The van der Waals surface area contributed by atoms with Crippen molar-refractivity contribution in [1.82, 2.24) is 9.88 Å². The van der Waals surface area contributed by atoms with Crippen molar-refractivity contribution in [3.8, 4) is 5.75 Å². The highest BCUT2D eigenvalue weighted by atomic mass is 19.2. The number of pyridine rings is 1. The lowest BCUT2D eigenvalue weighted by atomic mass is 10.0. The Labute approximate surface area is 214 Å². The minimum atomic E-state index is -0.908. The van der Waals surface area contributed by atoms with Crippen LogP contribution < -0.4 is 15.8 Å². The van der Waals surface area contributed by atoms with Crippen molar-refractivity contribution < 1.29 is 32.6 Å². The van der Waals surface area contributed by atoms with Crippen LogP contribution in [0.25, 0.3) is 0 Å². The second kappa shape index (κ2) is 12.4.